The lowest BCUT2D eigenvalue weighted by Gasteiger charge is -2.21. The maximum atomic E-state index is 2.30. The number of unbranched alkanes of at least 4 members (excludes halogenated alkanes) is 1. The smallest absolute Gasteiger partial charge is 0.0413 e. The Morgan fingerprint density at radius 3 is 2.62 bits per heavy atom. The van der Waals surface area contributed by atoms with Gasteiger partial charge in [-0.2, -0.15) is 0 Å². The molecule has 2 heteroatoms. The fraction of sp³-hybridized carbons (Fsp3) is 1.00. The van der Waals surface area contributed by atoms with Crippen LogP contribution in [-0.4, -0.2) is 18.3 Å². The summed E-state index contributed by atoms with van der Waals surface area (Å²) in [6, 6.07) is 1.62. The van der Waals surface area contributed by atoms with Crippen molar-refractivity contribution in [2.24, 2.45) is 0 Å². The van der Waals surface area contributed by atoms with Gasteiger partial charge in [-0.25, -0.2) is 0 Å². The lowest BCUT2D eigenvalue weighted by molar-refractivity contribution is 0.871. The second-order valence-electron chi connectivity index (χ2n) is 2.46. The lowest BCUT2D eigenvalue weighted by Crippen LogP contribution is -2.28. The van der Waals surface area contributed by atoms with E-state index in [2.05, 4.69) is 6.92 Å². The highest BCUT2D eigenvalue weighted by atomic mass is 28.4. The molecule has 8 heavy (non-hydrogen) atoms. The van der Waals surface area contributed by atoms with Crippen molar-refractivity contribution in [3.8, 4) is 0 Å². The monoisotopic (exact) mass is 141 g/mol. The zero-order valence-electron chi connectivity index (χ0n) is 5.54. The summed E-state index contributed by atoms with van der Waals surface area (Å²) in [5.74, 6) is 0. The molecule has 45 valence electrons. The van der Waals surface area contributed by atoms with Crippen LogP contribution in [0.2, 0.25) is 17.4 Å². The largest absolute Gasteiger partial charge is 0.0673 e. The van der Waals surface area contributed by atoms with Crippen LogP contribution in [0.4, 0.5) is 0 Å². The number of rotatable bonds is 3. The van der Waals surface area contributed by atoms with Gasteiger partial charge in [0.05, 0.1) is 0 Å². The van der Waals surface area contributed by atoms with Crippen LogP contribution < -0.4 is 0 Å². The third-order valence-electron chi connectivity index (χ3n) is 1.63. The molecular weight excluding hydrogens is 128 g/mol. The SMILES string of the molecule is CCCC[Si]1C[Si]C1. The highest BCUT2D eigenvalue weighted by Gasteiger charge is 2.18. The molecule has 0 amide bonds. The van der Waals surface area contributed by atoms with Crippen LogP contribution in [0.5, 0.6) is 0 Å². The predicted molar refractivity (Wildman–Crippen MR) is 40.8 cm³/mol. The van der Waals surface area contributed by atoms with Crippen molar-refractivity contribution in [1.82, 2.24) is 0 Å². The molecule has 0 aliphatic carbocycles. The van der Waals surface area contributed by atoms with Crippen molar-refractivity contribution in [2.45, 2.75) is 37.1 Å². The number of hydrogen-bond donors (Lipinski definition) is 0. The molecule has 3 radical (unpaired) electrons. The highest BCUT2D eigenvalue weighted by Crippen LogP contribution is 2.17. The Morgan fingerprint density at radius 2 is 2.25 bits per heavy atom. The van der Waals surface area contributed by atoms with E-state index in [1.54, 1.807) is 17.4 Å². The highest BCUT2D eigenvalue weighted by molar-refractivity contribution is 6.86. The molecule has 0 saturated carbocycles. The van der Waals surface area contributed by atoms with Gasteiger partial charge in [0.15, 0.2) is 0 Å². The average molecular weight is 141 g/mol. The Hall–Kier alpha value is 0.434. The van der Waals surface area contributed by atoms with Crippen molar-refractivity contribution >= 4 is 18.3 Å². The van der Waals surface area contributed by atoms with Crippen LogP contribution in [0.15, 0.2) is 0 Å². The lowest BCUT2D eigenvalue weighted by atomic mass is 10.4. The van der Waals surface area contributed by atoms with Crippen LogP contribution in [0.25, 0.3) is 0 Å². The van der Waals surface area contributed by atoms with Gasteiger partial charge in [-0.3, -0.25) is 0 Å². The van der Waals surface area contributed by atoms with E-state index in [9.17, 15) is 0 Å². The molecule has 0 aromatic rings. The Morgan fingerprint density at radius 1 is 1.50 bits per heavy atom. The third-order valence-corrected chi connectivity index (χ3v) is 8.69. The molecule has 0 bridgehead atoms. The van der Waals surface area contributed by atoms with Crippen LogP contribution in [-0.2, 0) is 0 Å². The molecule has 0 atom stereocenters. The van der Waals surface area contributed by atoms with Crippen molar-refractivity contribution in [2.75, 3.05) is 0 Å². The van der Waals surface area contributed by atoms with Gasteiger partial charge in [-0.1, -0.05) is 37.1 Å². The maximum absolute atomic E-state index is 2.30. The summed E-state index contributed by atoms with van der Waals surface area (Å²) in [6.07, 6.45) is 2.93. The first-order chi connectivity index (χ1) is 3.93. The minimum atomic E-state index is 0.301. The van der Waals surface area contributed by atoms with Crippen molar-refractivity contribution in [3.05, 3.63) is 0 Å². The molecule has 0 unspecified atom stereocenters. The fourth-order valence-electron chi connectivity index (χ4n) is 0.905. The summed E-state index contributed by atoms with van der Waals surface area (Å²) >= 11 is 0. The first-order valence-electron chi connectivity index (χ1n) is 3.47. The summed E-state index contributed by atoms with van der Waals surface area (Å²) in [6.45, 7) is 2.30. The average Bonchev–Trinajstić information content (AvgIpc) is 1.63. The molecule has 0 aromatic heterocycles. The molecular formula is C6H13Si2. The minimum absolute atomic E-state index is 0.301. The standard InChI is InChI=1S/C6H13Si2/c1-2-3-4-8-5-7-6-8/h2-6H2,1H3. The van der Waals surface area contributed by atoms with Crippen LogP contribution in [0.1, 0.15) is 19.8 Å². The Labute approximate surface area is 56.1 Å². The van der Waals surface area contributed by atoms with Gasteiger partial charge >= 0.3 is 0 Å². The van der Waals surface area contributed by atoms with Crippen LogP contribution >= 0.6 is 0 Å². The molecule has 1 heterocycles. The van der Waals surface area contributed by atoms with E-state index in [1.165, 1.54) is 22.4 Å². The molecule has 0 spiro atoms. The van der Waals surface area contributed by atoms with Gasteiger partial charge in [0.1, 0.15) is 0 Å². The molecule has 1 saturated heterocycles. The fourth-order valence-corrected chi connectivity index (χ4v) is 5.59. The van der Waals surface area contributed by atoms with E-state index in [0.717, 1.165) is 0 Å². The summed E-state index contributed by atoms with van der Waals surface area (Å²) in [5, 5.41) is 0. The predicted octanol–water partition coefficient (Wildman–Crippen LogP) is 1.91. The van der Waals surface area contributed by atoms with Gasteiger partial charge in [0, 0.05) is 18.3 Å². The van der Waals surface area contributed by atoms with Gasteiger partial charge in [0.2, 0.25) is 0 Å². The maximum Gasteiger partial charge on any atom is 0.0413 e. The normalized spacial score (nSPS) is 20.6. The molecule has 0 N–H and O–H groups in total. The molecule has 1 rings (SSSR count). The topological polar surface area (TPSA) is 0 Å². The van der Waals surface area contributed by atoms with Crippen molar-refractivity contribution < 1.29 is 0 Å². The van der Waals surface area contributed by atoms with Gasteiger partial charge in [-0.15, -0.1) is 0 Å². The van der Waals surface area contributed by atoms with Gasteiger partial charge in [-0.05, 0) is 0 Å². The third kappa shape index (κ3) is 1.74. The first-order valence-corrected chi connectivity index (χ1v) is 7.01. The van der Waals surface area contributed by atoms with E-state index in [0.29, 0.717) is 8.80 Å². The van der Waals surface area contributed by atoms with Crippen molar-refractivity contribution in [1.29, 1.82) is 0 Å². The summed E-state index contributed by atoms with van der Waals surface area (Å²) < 4.78 is 0. The second-order valence-corrected chi connectivity index (χ2v) is 7.79. The first kappa shape index (κ1) is 6.55. The molecule has 1 aliphatic rings. The van der Waals surface area contributed by atoms with E-state index in [-0.39, 0.29) is 0 Å². The minimum Gasteiger partial charge on any atom is -0.0673 e. The van der Waals surface area contributed by atoms with Crippen molar-refractivity contribution in [3.63, 3.8) is 0 Å². The Kier molecular flexibility index (Phi) is 2.83. The summed E-state index contributed by atoms with van der Waals surface area (Å²) in [7, 11) is 1.66. The quantitative estimate of drug-likeness (QED) is 0.527. The van der Waals surface area contributed by atoms with Gasteiger partial charge in [0.25, 0.3) is 0 Å². The molecule has 0 aromatic carbocycles. The molecule has 1 aliphatic heterocycles. The van der Waals surface area contributed by atoms with E-state index < -0.39 is 0 Å². The summed E-state index contributed by atoms with van der Waals surface area (Å²) in [4.78, 5) is 0. The van der Waals surface area contributed by atoms with Crippen LogP contribution in [0.3, 0.4) is 0 Å². The van der Waals surface area contributed by atoms with E-state index in [4.69, 9.17) is 0 Å². The zero-order chi connectivity index (χ0) is 5.82. The Balaban J connectivity index is 1.86. The zero-order valence-corrected chi connectivity index (χ0v) is 7.54. The number of hydrogen-bond acceptors (Lipinski definition) is 0. The molecule has 0 nitrogen and oxygen atoms in total. The Bertz CT molecular complexity index is 59.5. The van der Waals surface area contributed by atoms with E-state index in [1.807, 2.05) is 0 Å². The molecule has 1 fully saturated rings. The van der Waals surface area contributed by atoms with E-state index >= 15 is 0 Å². The van der Waals surface area contributed by atoms with Crippen LogP contribution in [0, 0.1) is 0 Å². The summed E-state index contributed by atoms with van der Waals surface area (Å²) in [5.41, 5.74) is 3.31. The second kappa shape index (κ2) is 3.46. The van der Waals surface area contributed by atoms with Gasteiger partial charge < -0.3 is 0 Å².